The van der Waals surface area contributed by atoms with Crippen molar-refractivity contribution in [2.75, 3.05) is 0 Å². The van der Waals surface area contributed by atoms with Crippen LogP contribution in [0.1, 0.15) is 134 Å². The molecule has 0 amide bonds. The number of benzene rings is 3. The van der Waals surface area contributed by atoms with Gasteiger partial charge in [0.1, 0.15) is 5.82 Å². The highest BCUT2D eigenvalue weighted by Crippen LogP contribution is 2.45. The average molecular weight is 603 g/mol. The molecule has 0 unspecified atom stereocenters. The van der Waals surface area contributed by atoms with Gasteiger partial charge >= 0.3 is 0 Å². The molecule has 5 rings (SSSR count). The second-order valence-corrected chi connectivity index (χ2v) is 13.9. The van der Waals surface area contributed by atoms with Gasteiger partial charge in [0.25, 0.3) is 0 Å². The lowest BCUT2D eigenvalue weighted by molar-refractivity contribution is 0.155. The quantitative estimate of drug-likeness (QED) is 0.171. The zero-order chi connectivity index (χ0) is 30.9. The second kappa shape index (κ2) is 16.1. The Bertz CT molecular complexity index is 1310. The largest absolute Gasteiger partial charge is 0.207 e. The average Bonchev–Trinajstić information content (AvgIpc) is 3.06. The minimum atomic E-state index is -0.786. The number of rotatable bonds is 13. The normalized spacial score (nSPS) is 22.3. The lowest BCUT2D eigenvalue weighted by atomic mass is 9.68. The monoisotopic (exact) mass is 602 g/mol. The van der Waals surface area contributed by atoms with Crippen LogP contribution in [-0.2, 0) is 6.42 Å². The van der Waals surface area contributed by atoms with E-state index in [0.717, 1.165) is 73.0 Å². The molecule has 3 aromatic carbocycles. The van der Waals surface area contributed by atoms with Crippen LogP contribution in [0.4, 0.5) is 13.2 Å². The van der Waals surface area contributed by atoms with Gasteiger partial charge in [-0.3, -0.25) is 0 Å². The van der Waals surface area contributed by atoms with Crippen molar-refractivity contribution in [3.63, 3.8) is 0 Å². The number of hydrogen-bond donors (Lipinski definition) is 0. The van der Waals surface area contributed by atoms with E-state index in [0.29, 0.717) is 23.5 Å². The van der Waals surface area contributed by atoms with Gasteiger partial charge in [-0.25, -0.2) is 13.2 Å². The van der Waals surface area contributed by atoms with E-state index in [1.165, 1.54) is 64.2 Å². The van der Waals surface area contributed by atoms with Gasteiger partial charge < -0.3 is 0 Å². The van der Waals surface area contributed by atoms with Crippen LogP contribution < -0.4 is 0 Å². The molecule has 2 saturated carbocycles. The summed E-state index contributed by atoms with van der Waals surface area (Å²) in [5.41, 5.74) is 3.89. The summed E-state index contributed by atoms with van der Waals surface area (Å²) >= 11 is 0. The van der Waals surface area contributed by atoms with Crippen molar-refractivity contribution in [3.05, 3.63) is 83.2 Å². The summed E-state index contributed by atoms with van der Waals surface area (Å²) < 4.78 is 45.3. The molecule has 0 heterocycles. The van der Waals surface area contributed by atoms with Crippen LogP contribution in [0, 0.1) is 35.2 Å². The van der Waals surface area contributed by atoms with Gasteiger partial charge in [-0.15, -0.1) is 0 Å². The molecule has 44 heavy (non-hydrogen) atoms. The maximum absolute atomic E-state index is 15.5. The Kier molecular flexibility index (Phi) is 12.0. The first kappa shape index (κ1) is 32.8. The third-order valence-corrected chi connectivity index (χ3v) is 11.0. The van der Waals surface area contributed by atoms with Crippen LogP contribution in [-0.4, -0.2) is 0 Å². The topological polar surface area (TPSA) is 0 Å². The summed E-state index contributed by atoms with van der Waals surface area (Å²) in [6, 6.07) is 16.4. The van der Waals surface area contributed by atoms with Crippen molar-refractivity contribution in [2.45, 2.75) is 129 Å². The molecule has 0 aliphatic heterocycles. The van der Waals surface area contributed by atoms with Crippen LogP contribution in [0.2, 0.25) is 0 Å². The molecule has 2 fully saturated rings. The Morgan fingerprint density at radius 1 is 0.568 bits per heavy atom. The number of halogens is 3. The molecule has 2 aliphatic carbocycles. The first-order valence-electron chi connectivity index (χ1n) is 17.9. The van der Waals surface area contributed by atoms with Gasteiger partial charge in [0.15, 0.2) is 11.6 Å². The summed E-state index contributed by atoms with van der Waals surface area (Å²) in [4.78, 5) is 0. The molecule has 3 aromatic rings. The van der Waals surface area contributed by atoms with Crippen LogP contribution in [0.25, 0.3) is 22.3 Å². The van der Waals surface area contributed by atoms with E-state index in [1.54, 1.807) is 30.3 Å². The summed E-state index contributed by atoms with van der Waals surface area (Å²) in [7, 11) is 0. The highest BCUT2D eigenvalue weighted by molar-refractivity contribution is 5.71. The molecule has 3 heteroatoms. The van der Waals surface area contributed by atoms with Crippen molar-refractivity contribution >= 4 is 0 Å². The van der Waals surface area contributed by atoms with Crippen LogP contribution in [0.15, 0.2) is 54.6 Å². The number of unbranched alkanes of at least 4 members (excludes halogenated alkanes) is 5. The standard InChI is InChI=1S/C41H53F3/c1-3-5-7-9-11-35-24-27-38(41(44)40(35)43)34-22-18-32(19-23-34)36-25-26-37(39(42)28-36)33-20-16-31(17-21-33)30-14-12-29(13-15-30)10-8-6-4-2/h18-19,22-31,33H,3-17,20-21H2,1-2H3. The maximum Gasteiger partial charge on any atom is 0.166 e. The molecule has 0 aromatic heterocycles. The summed E-state index contributed by atoms with van der Waals surface area (Å²) in [5, 5.41) is 0. The molecule has 0 nitrogen and oxygen atoms in total. The minimum absolute atomic E-state index is 0.120. The first-order chi connectivity index (χ1) is 21.5. The Morgan fingerprint density at radius 2 is 1.18 bits per heavy atom. The third kappa shape index (κ3) is 8.18. The number of hydrogen-bond acceptors (Lipinski definition) is 0. The van der Waals surface area contributed by atoms with Gasteiger partial charge in [0.2, 0.25) is 0 Å². The minimum Gasteiger partial charge on any atom is -0.207 e. The van der Waals surface area contributed by atoms with Gasteiger partial charge in [0, 0.05) is 5.56 Å². The fourth-order valence-corrected chi connectivity index (χ4v) is 8.16. The van der Waals surface area contributed by atoms with E-state index < -0.39 is 11.6 Å². The van der Waals surface area contributed by atoms with E-state index in [1.807, 2.05) is 24.3 Å². The summed E-state index contributed by atoms with van der Waals surface area (Å²) in [5.74, 6) is 1.33. The van der Waals surface area contributed by atoms with Crippen molar-refractivity contribution in [1.82, 2.24) is 0 Å². The highest BCUT2D eigenvalue weighted by Gasteiger charge is 2.32. The predicted molar refractivity (Wildman–Crippen MR) is 179 cm³/mol. The lowest BCUT2D eigenvalue weighted by Gasteiger charge is -2.38. The third-order valence-electron chi connectivity index (χ3n) is 11.0. The van der Waals surface area contributed by atoms with E-state index in [-0.39, 0.29) is 11.4 Å². The SMILES string of the molecule is CCCCCCc1ccc(-c2ccc(-c3ccc(C4CCC(C5CCC(CCCCC)CC5)CC4)c(F)c3)cc2)c(F)c1F. The Hall–Kier alpha value is -2.55. The summed E-state index contributed by atoms with van der Waals surface area (Å²) in [6.45, 7) is 4.43. The van der Waals surface area contributed by atoms with Gasteiger partial charge in [0.05, 0.1) is 0 Å². The highest BCUT2D eigenvalue weighted by atomic mass is 19.2. The Morgan fingerprint density at radius 3 is 1.84 bits per heavy atom. The van der Waals surface area contributed by atoms with E-state index in [2.05, 4.69) is 13.8 Å². The molecule has 2 aliphatic rings. The van der Waals surface area contributed by atoms with Gasteiger partial charge in [-0.2, -0.15) is 0 Å². The van der Waals surface area contributed by atoms with Crippen molar-refractivity contribution in [2.24, 2.45) is 17.8 Å². The predicted octanol–water partition coefficient (Wildman–Crippen LogP) is 13.2. The fraction of sp³-hybridized carbons (Fsp3) is 0.561. The second-order valence-electron chi connectivity index (χ2n) is 13.9. The zero-order valence-electron chi connectivity index (χ0n) is 27.2. The molecule has 0 spiro atoms. The lowest BCUT2D eigenvalue weighted by Crippen LogP contribution is -2.25. The van der Waals surface area contributed by atoms with Gasteiger partial charge in [-0.05, 0) is 109 Å². The Balaban J connectivity index is 1.16. The summed E-state index contributed by atoms with van der Waals surface area (Å²) in [6.07, 6.45) is 20.5. The molecule has 238 valence electrons. The maximum atomic E-state index is 15.5. The van der Waals surface area contributed by atoms with E-state index in [9.17, 15) is 8.78 Å². The fourth-order valence-electron chi connectivity index (χ4n) is 8.16. The van der Waals surface area contributed by atoms with Crippen molar-refractivity contribution in [3.8, 4) is 22.3 Å². The molecule has 0 radical (unpaired) electrons. The first-order valence-corrected chi connectivity index (χ1v) is 17.9. The molecule has 0 atom stereocenters. The smallest absolute Gasteiger partial charge is 0.166 e. The van der Waals surface area contributed by atoms with Crippen LogP contribution in [0.3, 0.4) is 0 Å². The molecule has 0 N–H and O–H groups in total. The molecular formula is C41H53F3. The van der Waals surface area contributed by atoms with Crippen LogP contribution >= 0.6 is 0 Å². The molecule has 0 saturated heterocycles. The van der Waals surface area contributed by atoms with Crippen LogP contribution in [0.5, 0.6) is 0 Å². The van der Waals surface area contributed by atoms with Crippen molar-refractivity contribution < 1.29 is 13.2 Å². The van der Waals surface area contributed by atoms with Gasteiger partial charge in [-0.1, -0.05) is 120 Å². The van der Waals surface area contributed by atoms with E-state index in [4.69, 9.17) is 0 Å². The number of aryl methyl sites for hydroxylation is 1. The van der Waals surface area contributed by atoms with E-state index >= 15 is 4.39 Å². The zero-order valence-corrected chi connectivity index (χ0v) is 27.2. The molecule has 0 bridgehead atoms. The molecular weight excluding hydrogens is 549 g/mol. The Labute approximate surface area is 264 Å². The van der Waals surface area contributed by atoms with Crippen molar-refractivity contribution in [1.29, 1.82) is 0 Å².